The minimum absolute atomic E-state index is 0.0901. The predicted molar refractivity (Wildman–Crippen MR) is 130 cm³/mol. The zero-order valence-electron chi connectivity index (χ0n) is 20.3. The number of aryl methyl sites for hydroxylation is 1. The van der Waals surface area contributed by atoms with Crippen molar-refractivity contribution < 1.29 is 23.8 Å². The Morgan fingerprint density at radius 2 is 1.76 bits per heavy atom. The molecule has 0 saturated carbocycles. The fraction of sp³-hybridized carbons (Fsp3) is 0.357. The van der Waals surface area contributed by atoms with Crippen LogP contribution in [0.15, 0.2) is 65.5 Å². The van der Waals surface area contributed by atoms with Crippen molar-refractivity contribution in [1.82, 2.24) is 5.32 Å². The van der Waals surface area contributed by atoms with Crippen LogP contribution in [0.2, 0.25) is 0 Å². The Labute approximate surface area is 200 Å². The summed E-state index contributed by atoms with van der Waals surface area (Å²) in [5, 5.41) is 3.37. The van der Waals surface area contributed by atoms with Gasteiger partial charge in [-0.15, -0.1) is 0 Å². The molecule has 1 aliphatic carbocycles. The van der Waals surface area contributed by atoms with Crippen LogP contribution in [0.3, 0.4) is 0 Å². The van der Waals surface area contributed by atoms with E-state index in [4.69, 9.17) is 14.2 Å². The number of hydrogen-bond donors (Lipinski definition) is 1. The van der Waals surface area contributed by atoms with Crippen LogP contribution >= 0.6 is 0 Å². The molecule has 1 N–H and O–H groups in total. The summed E-state index contributed by atoms with van der Waals surface area (Å²) in [6, 6.07) is 13.7. The molecule has 4 rings (SSSR count). The first kappa shape index (κ1) is 23.6. The second-order valence-electron chi connectivity index (χ2n) is 8.71. The van der Waals surface area contributed by atoms with Gasteiger partial charge in [0.05, 0.1) is 32.3 Å². The molecule has 3 atom stereocenters. The van der Waals surface area contributed by atoms with Crippen molar-refractivity contribution in [1.29, 1.82) is 0 Å². The summed E-state index contributed by atoms with van der Waals surface area (Å²) < 4.78 is 16.2. The van der Waals surface area contributed by atoms with Crippen molar-refractivity contribution >= 4 is 11.8 Å². The second kappa shape index (κ2) is 9.75. The lowest BCUT2D eigenvalue weighted by Crippen LogP contribution is -2.42. The van der Waals surface area contributed by atoms with Gasteiger partial charge in [0.1, 0.15) is 5.78 Å². The lowest BCUT2D eigenvalue weighted by Gasteiger charge is -2.40. The molecule has 0 saturated heterocycles. The summed E-state index contributed by atoms with van der Waals surface area (Å²) in [5.74, 6) is 0.00453. The molecule has 6 nitrogen and oxygen atoms in total. The van der Waals surface area contributed by atoms with Crippen molar-refractivity contribution in [2.24, 2.45) is 5.92 Å². The van der Waals surface area contributed by atoms with Crippen molar-refractivity contribution in [3.8, 4) is 11.5 Å². The standard InChI is InChI=1S/C28H31NO5/c1-6-34-28(31)25-17(3)29-21-13-19(18-11-12-23(32-4)24(15-18)33-5)14-22(30)27(21)26(25)20-10-8-7-9-16(20)2/h7-13,15,19,26-27,29H,6,14H2,1-5H3. The van der Waals surface area contributed by atoms with Crippen molar-refractivity contribution in [3.63, 3.8) is 0 Å². The predicted octanol–water partition coefficient (Wildman–Crippen LogP) is 4.79. The van der Waals surface area contributed by atoms with E-state index in [0.29, 0.717) is 23.5 Å². The normalized spacial score (nSPS) is 21.9. The zero-order valence-corrected chi connectivity index (χ0v) is 20.3. The van der Waals surface area contributed by atoms with Crippen LogP contribution in [-0.2, 0) is 14.3 Å². The molecular weight excluding hydrogens is 430 g/mol. The largest absolute Gasteiger partial charge is 0.493 e. The molecule has 1 heterocycles. The topological polar surface area (TPSA) is 73.9 Å². The maximum Gasteiger partial charge on any atom is 0.336 e. The van der Waals surface area contributed by atoms with Gasteiger partial charge in [0.25, 0.3) is 0 Å². The molecular formula is C28H31NO5. The van der Waals surface area contributed by atoms with E-state index >= 15 is 0 Å². The lowest BCUT2D eigenvalue weighted by molar-refractivity contribution is -0.139. The van der Waals surface area contributed by atoms with Crippen LogP contribution < -0.4 is 14.8 Å². The lowest BCUT2D eigenvalue weighted by atomic mass is 9.68. The minimum Gasteiger partial charge on any atom is -0.493 e. The minimum atomic E-state index is -0.472. The summed E-state index contributed by atoms with van der Waals surface area (Å²) in [6.07, 6.45) is 2.45. The van der Waals surface area contributed by atoms with Gasteiger partial charge in [-0.25, -0.2) is 4.79 Å². The highest BCUT2D eigenvalue weighted by molar-refractivity contribution is 5.96. The summed E-state index contributed by atoms with van der Waals surface area (Å²) in [4.78, 5) is 26.7. The van der Waals surface area contributed by atoms with Gasteiger partial charge >= 0.3 is 5.97 Å². The molecule has 1 aliphatic heterocycles. The van der Waals surface area contributed by atoms with Crippen LogP contribution in [0.1, 0.15) is 48.8 Å². The van der Waals surface area contributed by atoms with E-state index in [0.717, 1.165) is 28.1 Å². The highest BCUT2D eigenvalue weighted by atomic mass is 16.5. The number of carbonyl (C=O) groups is 2. The molecule has 0 amide bonds. The highest BCUT2D eigenvalue weighted by Crippen LogP contribution is 2.47. The van der Waals surface area contributed by atoms with E-state index in [9.17, 15) is 9.59 Å². The molecule has 0 aromatic heterocycles. The fourth-order valence-electron chi connectivity index (χ4n) is 5.12. The third kappa shape index (κ3) is 4.20. The smallest absolute Gasteiger partial charge is 0.336 e. The van der Waals surface area contributed by atoms with Crippen LogP contribution in [0, 0.1) is 12.8 Å². The summed E-state index contributed by atoms with van der Waals surface area (Å²) >= 11 is 0. The van der Waals surface area contributed by atoms with Crippen LogP contribution in [0.25, 0.3) is 0 Å². The Balaban J connectivity index is 1.82. The Morgan fingerprint density at radius 3 is 2.44 bits per heavy atom. The number of hydrogen-bond acceptors (Lipinski definition) is 6. The average molecular weight is 462 g/mol. The summed E-state index contributed by atoms with van der Waals surface area (Å²) in [6.45, 7) is 5.95. The van der Waals surface area contributed by atoms with Crippen LogP contribution in [-0.4, -0.2) is 32.6 Å². The third-order valence-electron chi connectivity index (χ3n) is 6.72. The first-order valence-corrected chi connectivity index (χ1v) is 11.6. The summed E-state index contributed by atoms with van der Waals surface area (Å²) in [7, 11) is 3.20. The number of nitrogens with one attached hydrogen (secondary N) is 1. The number of allylic oxidation sites excluding steroid dienone is 3. The van der Waals surface area contributed by atoms with Gasteiger partial charge < -0.3 is 19.5 Å². The Hall–Kier alpha value is -3.54. The van der Waals surface area contributed by atoms with Crippen molar-refractivity contribution in [2.75, 3.05) is 20.8 Å². The van der Waals surface area contributed by atoms with Crippen LogP contribution in [0.4, 0.5) is 0 Å². The van der Waals surface area contributed by atoms with E-state index in [1.165, 1.54) is 0 Å². The molecule has 34 heavy (non-hydrogen) atoms. The van der Waals surface area contributed by atoms with E-state index in [2.05, 4.69) is 11.4 Å². The number of benzene rings is 2. The fourth-order valence-corrected chi connectivity index (χ4v) is 5.12. The SMILES string of the molecule is CCOC(=O)C1=C(C)NC2=CC(c3ccc(OC)c(OC)c3)CC(=O)C2C1c1ccccc1C. The number of methoxy groups -OCH3 is 2. The molecule has 0 fully saturated rings. The summed E-state index contributed by atoms with van der Waals surface area (Å²) in [5.41, 5.74) is 5.06. The van der Waals surface area contributed by atoms with Gasteiger partial charge in [-0.3, -0.25) is 4.79 Å². The average Bonchev–Trinajstić information content (AvgIpc) is 2.83. The Morgan fingerprint density at radius 1 is 1.03 bits per heavy atom. The van der Waals surface area contributed by atoms with E-state index in [-0.39, 0.29) is 24.3 Å². The molecule has 2 aromatic carbocycles. The maximum atomic E-state index is 13.7. The molecule has 3 unspecified atom stereocenters. The number of ether oxygens (including phenoxy) is 3. The van der Waals surface area contributed by atoms with Gasteiger partial charge in [0.2, 0.25) is 0 Å². The van der Waals surface area contributed by atoms with Crippen molar-refractivity contribution in [3.05, 3.63) is 82.2 Å². The molecule has 2 aliphatic rings. The monoisotopic (exact) mass is 461 g/mol. The number of rotatable bonds is 6. The first-order chi connectivity index (χ1) is 16.4. The number of fused-ring (bicyclic) bond motifs is 1. The first-order valence-electron chi connectivity index (χ1n) is 11.6. The number of ketones is 1. The molecule has 6 heteroatoms. The number of esters is 1. The van der Waals surface area contributed by atoms with Gasteiger partial charge in [-0.05, 0) is 49.6 Å². The number of Topliss-reactive ketones (excluding diaryl/α,β-unsaturated/α-hetero) is 1. The third-order valence-corrected chi connectivity index (χ3v) is 6.72. The Kier molecular flexibility index (Phi) is 6.77. The molecule has 0 radical (unpaired) electrons. The highest BCUT2D eigenvalue weighted by Gasteiger charge is 2.45. The van der Waals surface area contributed by atoms with Gasteiger partial charge in [-0.2, -0.15) is 0 Å². The molecule has 0 spiro atoms. The van der Waals surface area contributed by atoms with Gasteiger partial charge in [0, 0.05) is 29.7 Å². The van der Waals surface area contributed by atoms with E-state index in [1.54, 1.807) is 21.1 Å². The van der Waals surface area contributed by atoms with E-state index in [1.807, 2.05) is 56.3 Å². The zero-order chi connectivity index (χ0) is 24.4. The molecule has 178 valence electrons. The van der Waals surface area contributed by atoms with E-state index < -0.39 is 11.8 Å². The molecule has 0 bridgehead atoms. The Bertz CT molecular complexity index is 1180. The van der Waals surface area contributed by atoms with Crippen LogP contribution in [0.5, 0.6) is 11.5 Å². The quantitative estimate of drug-likeness (QED) is 0.624. The number of carbonyl (C=O) groups excluding carboxylic acids is 2. The molecule has 2 aromatic rings. The van der Waals surface area contributed by atoms with Crippen molar-refractivity contribution in [2.45, 2.75) is 39.0 Å². The second-order valence-corrected chi connectivity index (χ2v) is 8.71. The van der Waals surface area contributed by atoms with Gasteiger partial charge in [-0.1, -0.05) is 36.4 Å². The maximum absolute atomic E-state index is 13.7. The van der Waals surface area contributed by atoms with Gasteiger partial charge in [0.15, 0.2) is 11.5 Å².